The van der Waals surface area contributed by atoms with Crippen molar-refractivity contribution in [2.45, 2.75) is 25.7 Å². The van der Waals surface area contributed by atoms with Gasteiger partial charge in [-0.3, -0.25) is 14.6 Å². The molecule has 5 nitrogen and oxygen atoms in total. The molecule has 0 aliphatic heterocycles. The lowest BCUT2D eigenvalue weighted by molar-refractivity contribution is -0.140. The minimum atomic E-state index is -0.186. The Morgan fingerprint density at radius 2 is 2.00 bits per heavy atom. The molecule has 0 saturated heterocycles. The highest BCUT2D eigenvalue weighted by atomic mass is 16.5. The lowest BCUT2D eigenvalue weighted by atomic mass is 10.2. The van der Waals surface area contributed by atoms with Gasteiger partial charge in [-0.2, -0.15) is 0 Å². The number of esters is 1. The van der Waals surface area contributed by atoms with Crippen LogP contribution >= 0.6 is 0 Å². The molecular weight excluding hydrogens is 256 g/mol. The van der Waals surface area contributed by atoms with E-state index in [4.69, 9.17) is 0 Å². The second kappa shape index (κ2) is 9.72. The quantitative estimate of drug-likeness (QED) is 0.447. The second-order valence-corrected chi connectivity index (χ2v) is 4.29. The van der Waals surface area contributed by atoms with Gasteiger partial charge in [-0.15, -0.1) is 0 Å². The lowest BCUT2D eigenvalue weighted by Gasteiger charge is -2.02. The van der Waals surface area contributed by atoms with E-state index in [1.807, 2.05) is 12.1 Å². The number of hydrogen-bond donors (Lipinski definition) is 1. The number of carbonyl (C=O) groups is 2. The van der Waals surface area contributed by atoms with Gasteiger partial charge in [-0.25, -0.2) is 0 Å². The summed E-state index contributed by atoms with van der Waals surface area (Å²) < 4.78 is 4.55. The van der Waals surface area contributed by atoms with Crippen LogP contribution in [0.3, 0.4) is 0 Å². The fourth-order valence-corrected chi connectivity index (χ4v) is 1.59. The molecule has 108 valence electrons. The molecular formula is C15H20N2O3. The predicted octanol–water partition coefficient (Wildman–Crippen LogP) is 1.94. The Bertz CT molecular complexity index is 444. The third-order valence-electron chi connectivity index (χ3n) is 2.72. The fraction of sp³-hybridized carbons (Fsp3) is 0.400. The van der Waals surface area contributed by atoms with Crippen LogP contribution in [0.5, 0.6) is 0 Å². The zero-order valence-corrected chi connectivity index (χ0v) is 11.7. The number of nitrogens with one attached hydrogen (secondary N) is 1. The van der Waals surface area contributed by atoms with E-state index < -0.39 is 0 Å². The summed E-state index contributed by atoms with van der Waals surface area (Å²) in [7, 11) is 1.39. The zero-order chi connectivity index (χ0) is 14.6. The van der Waals surface area contributed by atoms with Gasteiger partial charge in [-0.1, -0.05) is 6.42 Å². The van der Waals surface area contributed by atoms with Crippen LogP contribution in [0.1, 0.15) is 31.2 Å². The summed E-state index contributed by atoms with van der Waals surface area (Å²) in [6, 6.07) is 3.66. The molecule has 0 unspecified atom stereocenters. The zero-order valence-electron chi connectivity index (χ0n) is 11.7. The first-order chi connectivity index (χ1) is 9.72. The van der Waals surface area contributed by atoms with Crippen molar-refractivity contribution < 1.29 is 14.3 Å². The first-order valence-corrected chi connectivity index (χ1v) is 6.65. The lowest BCUT2D eigenvalue weighted by Crippen LogP contribution is -2.22. The molecule has 0 fully saturated rings. The number of unbranched alkanes of at least 4 members (excludes halogenated alkanes) is 2. The molecule has 20 heavy (non-hydrogen) atoms. The molecule has 0 saturated carbocycles. The molecule has 0 aliphatic carbocycles. The third-order valence-corrected chi connectivity index (χ3v) is 2.72. The summed E-state index contributed by atoms with van der Waals surface area (Å²) >= 11 is 0. The van der Waals surface area contributed by atoms with Crippen LogP contribution in [0.2, 0.25) is 0 Å². The van der Waals surface area contributed by atoms with Crippen LogP contribution in [0, 0.1) is 0 Å². The van der Waals surface area contributed by atoms with Crippen LogP contribution in [-0.2, 0) is 14.3 Å². The average Bonchev–Trinajstić information content (AvgIpc) is 2.49. The normalized spacial score (nSPS) is 10.4. The van der Waals surface area contributed by atoms with Gasteiger partial charge in [0.15, 0.2) is 0 Å². The Kier molecular flexibility index (Phi) is 7.72. The SMILES string of the molecule is COC(=O)CCCCCNC(=O)/C=C/c1ccncc1. The van der Waals surface area contributed by atoms with E-state index >= 15 is 0 Å². The first kappa shape index (κ1) is 15.9. The molecule has 0 atom stereocenters. The predicted molar refractivity (Wildman–Crippen MR) is 76.8 cm³/mol. The molecule has 0 aliphatic rings. The number of nitrogens with zero attached hydrogens (tertiary/aromatic N) is 1. The maximum atomic E-state index is 11.5. The maximum Gasteiger partial charge on any atom is 0.305 e. The van der Waals surface area contributed by atoms with Crippen molar-refractivity contribution in [1.29, 1.82) is 0 Å². The van der Waals surface area contributed by atoms with Crippen molar-refractivity contribution in [1.82, 2.24) is 10.3 Å². The fourth-order valence-electron chi connectivity index (χ4n) is 1.59. The summed E-state index contributed by atoms with van der Waals surface area (Å²) in [5, 5.41) is 2.80. The molecule has 1 aromatic heterocycles. The maximum absolute atomic E-state index is 11.5. The molecule has 1 rings (SSSR count). The Hall–Kier alpha value is -2.17. The van der Waals surface area contributed by atoms with Gasteiger partial charge < -0.3 is 10.1 Å². The highest BCUT2D eigenvalue weighted by molar-refractivity contribution is 5.91. The Balaban J connectivity index is 2.09. The first-order valence-electron chi connectivity index (χ1n) is 6.65. The van der Waals surface area contributed by atoms with Gasteiger partial charge in [0.25, 0.3) is 0 Å². The van der Waals surface area contributed by atoms with Crippen LogP contribution in [0.25, 0.3) is 6.08 Å². The molecule has 1 heterocycles. The van der Waals surface area contributed by atoms with Gasteiger partial charge in [0, 0.05) is 31.4 Å². The van der Waals surface area contributed by atoms with Crippen LogP contribution in [0.4, 0.5) is 0 Å². The molecule has 1 N–H and O–H groups in total. The Morgan fingerprint density at radius 1 is 1.25 bits per heavy atom. The standard InChI is InChI=1S/C15H20N2O3/c1-20-15(19)5-3-2-4-10-17-14(18)7-6-13-8-11-16-12-9-13/h6-9,11-12H,2-5,10H2,1H3,(H,17,18)/b7-6+. The summed E-state index contributed by atoms with van der Waals surface area (Å²) in [5.74, 6) is -0.302. The Labute approximate surface area is 119 Å². The minimum Gasteiger partial charge on any atom is -0.469 e. The third kappa shape index (κ3) is 7.31. The molecule has 0 radical (unpaired) electrons. The van der Waals surface area contributed by atoms with E-state index in [9.17, 15) is 9.59 Å². The topological polar surface area (TPSA) is 68.3 Å². The number of hydrogen-bond acceptors (Lipinski definition) is 4. The molecule has 5 heteroatoms. The van der Waals surface area contributed by atoms with E-state index in [0.29, 0.717) is 13.0 Å². The Morgan fingerprint density at radius 3 is 2.70 bits per heavy atom. The number of pyridine rings is 1. The smallest absolute Gasteiger partial charge is 0.305 e. The van der Waals surface area contributed by atoms with Gasteiger partial charge in [0.2, 0.25) is 5.91 Å². The van der Waals surface area contributed by atoms with E-state index in [1.54, 1.807) is 18.5 Å². The largest absolute Gasteiger partial charge is 0.469 e. The van der Waals surface area contributed by atoms with Gasteiger partial charge in [0.1, 0.15) is 0 Å². The number of amides is 1. The highest BCUT2D eigenvalue weighted by Crippen LogP contribution is 2.01. The van der Waals surface area contributed by atoms with Crippen molar-refractivity contribution in [2.24, 2.45) is 0 Å². The minimum absolute atomic E-state index is 0.116. The van der Waals surface area contributed by atoms with Gasteiger partial charge >= 0.3 is 5.97 Å². The highest BCUT2D eigenvalue weighted by Gasteiger charge is 1.99. The van der Waals surface area contributed by atoms with Crippen molar-refractivity contribution in [3.63, 3.8) is 0 Å². The van der Waals surface area contributed by atoms with Crippen LogP contribution in [-0.4, -0.2) is 30.5 Å². The number of rotatable bonds is 8. The van der Waals surface area contributed by atoms with E-state index in [-0.39, 0.29) is 11.9 Å². The number of aromatic nitrogens is 1. The van der Waals surface area contributed by atoms with Gasteiger partial charge in [-0.05, 0) is 36.6 Å². The van der Waals surface area contributed by atoms with Crippen molar-refractivity contribution in [2.75, 3.05) is 13.7 Å². The van der Waals surface area contributed by atoms with Crippen molar-refractivity contribution in [3.8, 4) is 0 Å². The average molecular weight is 276 g/mol. The van der Waals surface area contributed by atoms with Crippen LogP contribution in [0.15, 0.2) is 30.6 Å². The summed E-state index contributed by atoms with van der Waals surface area (Å²) in [4.78, 5) is 26.3. The summed E-state index contributed by atoms with van der Waals surface area (Å²) in [6.45, 7) is 0.612. The van der Waals surface area contributed by atoms with E-state index in [0.717, 1.165) is 24.8 Å². The van der Waals surface area contributed by atoms with E-state index in [1.165, 1.54) is 13.2 Å². The van der Waals surface area contributed by atoms with Crippen molar-refractivity contribution in [3.05, 3.63) is 36.2 Å². The van der Waals surface area contributed by atoms with Gasteiger partial charge in [0.05, 0.1) is 7.11 Å². The second-order valence-electron chi connectivity index (χ2n) is 4.29. The molecule has 0 bridgehead atoms. The molecule has 0 spiro atoms. The summed E-state index contributed by atoms with van der Waals surface area (Å²) in [5.41, 5.74) is 0.938. The van der Waals surface area contributed by atoms with Crippen LogP contribution < -0.4 is 5.32 Å². The molecule has 1 amide bonds. The molecule has 0 aromatic carbocycles. The monoisotopic (exact) mass is 276 g/mol. The van der Waals surface area contributed by atoms with Crippen molar-refractivity contribution >= 4 is 18.0 Å². The molecule has 1 aromatic rings. The summed E-state index contributed by atoms with van der Waals surface area (Å²) in [6.07, 6.45) is 9.58. The number of carbonyl (C=O) groups excluding carboxylic acids is 2. The number of methoxy groups -OCH3 is 1. The number of ether oxygens (including phenoxy) is 1. The van der Waals surface area contributed by atoms with E-state index in [2.05, 4.69) is 15.0 Å².